The van der Waals surface area contributed by atoms with Crippen molar-refractivity contribution in [2.45, 2.75) is 64.1 Å². The lowest BCUT2D eigenvalue weighted by molar-refractivity contribution is 0.146. The van der Waals surface area contributed by atoms with E-state index in [1.807, 2.05) is 13.1 Å². The number of rotatable bonds is 6. The topological polar surface area (TPSA) is 56.0 Å². The van der Waals surface area contributed by atoms with Crippen molar-refractivity contribution in [3.8, 4) is 0 Å². The van der Waals surface area contributed by atoms with Gasteiger partial charge in [0.05, 0.1) is 12.3 Å². The smallest absolute Gasteiger partial charge is 0.191 e. The molecule has 2 N–H and O–H groups in total. The Hall–Kier alpha value is -1.53. The molecule has 2 saturated heterocycles. The number of guanidine groups is 1. The normalized spacial score (nSPS) is 22.1. The van der Waals surface area contributed by atoms with E-state index in [4.69, 9.17) is 4.42 Å². The molecule has 152 valence electrons. The lowest BCUT2D eigenvalue weighted by atomic mass is 10.0. The van der Waals surface area contributed by atoms with E-state index in [1.165, 1.54) is 32.1 Å². The molecule has 0 radical (unpaired) electrons. The lowest BCUT2D eigenvalue weighted by Gasteiger charge is -2.36. The highest BCUT2D eigenvalue weighted by atomic mass is 16.3. The fourth-order valence-electron chi connectivity index (χ4n) is 4.26. The first-order chi connectivity index (χ1) is 13.2. The van der Waals surface area contributed by atoms with Crippen LogP contribution in [0.25, 0.3) is 0 Å². The van der Waals surface area contributed by atoms with Gasteiger partial charge in [0.25, 0.3) is 0 Å². The summed E-state index contributed by atoms with van der Waals surface area (Å²) in [7, 11) is 1.86. The van der Waals surface area contributed by atoms with Crippen molar-refractivity contribution in [3.05, 3.63) is 24.2 Å². The summed E-state index contributed by atoms with van der Waals surface area (Å²) in [5.41, 5.74) is 0. The molecular formula is C21H37N5O. The molecule has 3 heterocycles. The molecule has 2 aliphatic rings. The molecule has 27 heavy (non-hydrogen) atoms. The van der Waals surface area contributed by atoms with Crippen molar-refractivity contribution in [3.63, 3.8) is 0 Å². The molecule has 0 aliphatic carbocycles. The van der Waals surface area contributed by atoms with Crippen molar-refractivity contribution in [1.82, 2.24) is 20.4 Å². The molecule has 2 fully saturated rings. The monoisotopic (exact) mass is 375 g/mol. The molecule has 6 nitrogen and oxygen atoms in total. The van der Waals surface area contributed by atoms with Crippen LogP contribution in [0.1, 0.15) is 57.8 Å². The van der Waals surface area contributed by atoms with Crippen molar-refractivity contribution < 1.29 is 4.42 Å². The number of hydrogen-bond donors (Lipinski definition) is 2. The third kappa shape index (κ3) is 5.72. The standard InChI is InChI=1S/C21H37N5O/c1-17(2)25-13-9-18(10-14-25)24-21(22-3)23-16-19(20-8-7-15-27-20)26-11-5-4-6-12-26/h7-8,15,17-19H,4-6,9-14,16H2,1-3H3,(H2,22,23,24). The van der Waals surface area contributed by atoms with Gasteiger partial charge in [0.1, 0.15) is 5.76 Å². The van der Waals surface area contributed by atoms with Crippen LogP contribution in [0, 0.1) is 0 Å². The largest absolute Gasteiger partial charge is 0.468 e. The zero-order chi connectivity index (χ0) is 19.1. The average molecular weight is 376 g/mol. The molecule has 3 rings (SSSR count). The predicted molar refractivity (Wildman–Crippen MR) is 111 cm³/mol. The number of hydrogen-bond acceptors (Lipinski definition) is 4. The fraction of sp³-hybridized carbons (Fsp3) is 0.762. The summed E-state index contributed by atoms with van der Waals surface area (Å²) in [6.45, 7) is 10.00. The second-order valence-corrected chi connectivity index (χ2v) is 8.13. The van der Waals surface area contributed by atoms with E-state index < -0.39 is 0 Å². The molecule has 0 aromatic carbocycles. The first kappa shape index (κ1) is 20.2. The van der Waals surface area contributed by atoms with Crippen LogP contribution in [0.15, 0.2) is 27.8 Å². The summed E-state index contributed by atoms with van der Waals surface area (Å²) in [4.78, 5) is 9.57. The van der Waals surface area contributed by atoms with Crippen LogP contribution in [0.2, 0.25) is 0 Å². The van der Waals surface area contributed by atoms with E-state index in [0.717, 1.165) is 44.4 Å². The second kappa shape index (κ2) is 10.1. The van der Waals surface area contributed by atoms with E-state index in [0.29, 0.717) is 12.1 Å². The van der Waals surface area contributed by atoms with E-state index in [1.54, 1.807) is 6.26 Å². The van der Waals surface area contributed by atoms with E-state index in [-0.39, 0.29) is 6.04 Å². The van der Waals surface area contributed by atoms with Gasteiger partial charge >= 0.3 is 0 Å². The summed E-state index contributed by atoms with van der Waals surface area (Å²) in [5, 5.41) is 7.19. The number of nitrogens with zero attached hydrogens (tertiary/aromatic N) is 3. The molecule has 1 unspecified atom stereocenters. The van der Waals surface area contributed by atoms with E-state index in [2.05, 4.69) is 45.3 Å². The number of likely N-dealkylation sites (tertiary alicyclic amines) is 2. The maximum atomic E-state index is 5.75. The summed E-state index contributed by atoms with van der Waals surface area (Å²) in [6, 6.07) is 5.49. The Kier molecular flexibility index (Phi) is 7.59. The van der Waals surface area contributed by atoms with Gasteiger partial charge in [-0.3, -0.25) is 9.89 Å². The predicted octanol–water partition coefficient (Wildman–Crippen LogP) is 2.84. The van der Waals surface area contributed by atoms with Gasteiger partial charge in [0.15, 0.2) is 5.96 Å². The van der Waals surface area contributed by atoms with Gasteiger partial charge in [-0.1, -0.05) is 6.42 Å². The minimum Gasteiger partial charge on any atom is -0.468 e. The number of aliphatic imine (C=N–C) groups is 1. The van der Waals surface area contributed by atoms with Gasteiger partial charge in [-0.25, -0.2) is 0 Å². The van der Waals surface area contributed by atoms with Crippen molar-refractivity contribution >= 4 is 5.96 Å². The maximum absolute atomic E-state index is 5.75. The highest BCUT2D eigenvalue weighted by molar-refractivity contribution is 5.80. The molecule has 0 amide bonds. The SMILES string of the molecule is CN=C(NCC(c1ccco1)N1CCCCC1)NC1CCN(C(C)C)CC1. The Morgan fingerprint density at radius 1 is 1.15 bits per heavy atom. The molecule has 6 heteroatoms. The summed E-state index contributed by atoms with van der Waals surface area (Å²) < 4.78 is 5.75. The molecule has 1 aromatic heterocycles. The van der Waals surface area contributed by atoms with Gasteiger partial charge in [0.2, 0.25) is 0 Å². The highest BCUT2D eigenvalue weighted by Crippen LogP contribution is 2.24. The molecule has 2 aliphatic heterocycles. The van der Waals surface area contributed by atoms with Crippen LogP contribution in [-0.2, 0) is 0 Å². The van der Waals surface area contributed by atoms with Gasteiger partial charge in [-0.05, 0) is 64.8 Å². The third-order valence-electron chi connectivity index (χ3n) is 5.99. The Balaban J connectivity index is 1.52. The molecule has 0 bridgehead atoms. The van der Waals surface area contributed by atoms with Crippen molar-refractivity contribution in [1.29, 1.82) is 0 Å². The second-order valence-electron chi connectivity index (χ2n) is 8.13. The zero-order valence-electron chi connectivity index (χ0n) is 17.3. The summed E-state index contributed by atoms with van der Waals surface area (Å²) in [6.07, 6.45) is 8.02. The van der Waals surface area contributed by atoms with Crippen LogP contribution < -0.4 is 10.6 Å². The molecule has 1 atom stereocenters. The Morgan fingerprint density at radius 2 is 1.89 bits per heavy atom. The van der Waals surface area contributed by atoms with Crippen molar-refractivity contribution in [2.24, 2.45) is 4.99 Å². The number of nitrogens with one attached hydrogen (secondary N) is 2. The van der Waals surface area contributed by atoms with Gasteiger partial charge < -0.3 is 20.0 Å². The molecule has 0 saturated carbocycles. The maximum Gasteiger partial charge on any atom is 0.191 e. The van der Waals surface area contributed by atoms with Crippen LogP contribution in [0.4, 0.5) is 0 Å². The fourth-order valence-corrected chi connectivity index (χ4v) is 4.26. The third-order valence-corrected chi connectivity index (χ3v) is 5.99. The van der Waals surface area contributed by atoms with E-state index >= 15 is 0 Å². The number of furan rings is 1. The van der Waals surface area contributed by atoms with Crippen LogP contribution in [0.3, 0.4) is 0 Å². The Labute approximate surface area is 164 Å². The van der Waals surface area contributed by atoms with E-state index in [9.17, 15) is 0 Å². The molecular weight excluding hydrogens is 338 g/mol. The Morgan fingerprint density at radius 3 is 2.48 bits per heavy atom. The lowest BCUT2D eigenvalue weighted by Crippen LogP contribution is -2.51. The van der Waals surface area contributed by atoms with Crippen LogP contribution in [0.5, 0.6) is 0 Å². The van der Waals surface area contributed by atoms with Crippen LogP contribution >= 0.6 is 0 Å². The zero-order valence-corrected chi connectivity index (χ0v) is 17.3. The first-order valence-electron chi connectivity index (χ1n) is 10.7. The molecule has 0 spiro atoms. The molecule has 1 aromatic rings. The highest BCUT2D eigenvalue weighted by Gasteiger charge is 2.25. The number of piperidine rings is 2. The quantitative estimate of drug-likeness (QED) is 0.591. The summed E-state index contributed by atoms with van der Waals surface area (Å²) in [5.74, 6) is 1.96. The van der Waals surface area contributed by atoms with Crippen molar-refractivity contribution in [2.75, 3.05) is 39.8 Å². The average Bonchev–Trinajstić information content (AvgIpc) is 3.23. The minimum absolute atomic E-state index is 0.265. The first-order valence-corrected chi connectivity index (χ1v) is 10.7. The van der Waals surface area contributed by atoms with Gasteiger partial charge in [-0.15, -0.1) is 0 Å². The van der Waals surface area contributed by atoms with Gasteiger partial charge in [-0.2, -0.15) is 0 Å². The minimum atomic E-state index is 0.265. The summed E-state index contributed by atoms with van der Waals surface area (Å²) >= 11 is 0. The van der Waals surface area contributed by atoms with Crippen LogP contribution in [-0.4, -0.2) is 67.6 Å². The van der Waals surface area contributed by atoms with Gasteiger partial charge in [0, 0.05) is 38.8 Å². The Bertz CT molecular complexity index is 557.